The lowest BCUT2D eigenvalue weighted by Gasteiger charge is -2.33. The lowest BCUT2D eigenvalue weighted by molar-refractivity contribution is -0.145. The Hall–Kier alpha value is -1.30. The van der Waals surface area contributed by atoms with E-state index >= 15 is 0 Å². The molecule has 0 aromatic rings. The molecule has 6 heteroatoms. The van der Waals surface area contributed by atoms with E-state index in [1.54, 1.807) is 0 Å². The van der Waals surface area contributed by atoms with Crippen LogP contribution >= 0.6 is 0 Å². The summed E-state index contributed by atoms with van der Waals surface area (Å²) in [5.74, 6) is -0.946. The van der Waals surface area contributed by atoms with Crippen molar-refractivity contribution in [1.82, 2.24) is 10.6 Å². The molecular formula is C14H26N2O4. The Labute approximate surface area is 120 Å². The van der Waals surface area contributed by atoms with Crippen molar-refractivity contribution in [2.45, 2.75) is 64.0 Å². The van der Waals surface area contributed by atoms with E-state index in [1.807, 2.05) is 20.8 Å². The summed E-state index contributed by atoms with van der Waals surface area (Å²) in [5, 5.41) is 14.6. The zero-order valence-electron chi connectivity index (χ0n) is 12.6. The van der Waals surface area contributed by atoms with Gasteiger partial charge in [-0.2, -0.15) is 0 Å². The van der Waals surface area contributed by atoms with Crippen LogP contribution in [0.3, 0.4) is 0 Å². The van der Waals surface area contributed by atoms with Crippen molar-refractivity contribution in [1.29, 1.82) is 0 Å². The molecule has 1 saturated carbocycles. The van der Waals surface area contributed by atoms with E-state index in [4.69, 9.17) is 4.74 Å². The van der Waals surface area contributed by atoms with Crippen molar-refractivity contribution in [3.8, 4) is 0 Å². The molecule has 116 valence electrons. The number of ether oxygens (including phenoxy) is 1. The van der Waals surface area contributed by atoms with Gasteiger partial charge in [-0.15, -0.1) is 0 Å². The van der Waals surface area contributed by atoms with E-state index in [0.717, 1.165) is 19.3 Å². The van der Waals surface area contributed by atoms with Crippen LogP contribution in [-0.2, 0) is 9.53 Å². The minimum atomic E-state index is -1.10. The van der Waals surface area contributed by atoms with Gasteiger partial charge in [0.1, 0.15) is 5.54 Å². The van der Waals surface area contributed by atoms with Crippen molar-refractivity contribution in [3.05, 3.63) is 0 Å². The molecule has 0 heterocycles. The second-order valence-electron chi connectivity index (χ2n) is 6.29. The summed E-state index contributed by atoms with van der Waals surface area (Å²) in [4.78, 5) is 23.2. The van der Waals surface area contributed by atoms with Crippen LogP contribution < -0.4 is 10.6 Å². The number of aliphatic carboxylic acids is 1. The molecule has 0 spiro atoms. The monoisotopic (exact) mass is 286 g/mol. The smallest absolute Gasteiger partial charge is 0.329 e. The number of rotatable bonds is 5. The summed E-state index contributed by atoms with van der Waals surface area (Å²) in [6, 6.07) is -0.438. The van der Waals surface area contributed by atoms with Crippen LogP contribution in [-0.4, -0.2) is 41.4 Å². The molecule has 0 aromatic carbocycles. The first-order chi connectivity index (χ1) is 9.25. The van der Waals surface area contributed by atoms with Crippen LogP contribution in [0.2, 0.25) is 0 Å². The van der Waals surface area contributed by atoms with Crippen LogP contribution in [0.4, 0.5) is 4.79 Å². The summed E-state index contributed by atoms with van der Waals surface area (Å²) < 4.78 is 5.48. The van der Waals surface area contributed by atoms with Gasteiger partial charge in [-0.25, -0.2) is 9.59 Å². The first-order valence-electron chi connectivity index (χ1n) is 7.19. The number of carbonyl (C=O) groups excluding carboxylic acids is 1. The molecule has 1 rings (SSSR count). The van der Waals surface area contributed by atoms with E-state index in [0.29, 0.717) is 26.0 Å². The van der Waals surface area contributed by atoms with Gasteiger partial charge in [0.05, 0.1) is 12.2 Å². The maximum absolute atomic E-state index is 11.8. The van der Waals surface area contributed by atoms with Gasteiger partial charge < -0.3 is 20.5 Å². The van der Waals surface area contributed by atoms with E-state index in [2.05, 4.69) is 10.6 Å². The maximum Gasteiger partial charge on any atom is 0.329 e. The maximum atomic E-state index is 11.8. The minimum absolute atomic E-state index is 0.246. The Balaban J connectivity index is 2.37. The Kier molecular flexibility index (Phi) is 5.80. The Bertz CT molecular complexity index is 344. The van der Waals surface area contributed by atoms with E-state index in [-0.39, 0.29) is 5.60 Å². The summed E-state index contributed by atoms with van der Waals surface area (Å²) in [6.07, 6.45) is 3.68. The predicted octanol–water partition coefficient (Wildman–Crippen LogP) is 1.89. The molecule has 0 aromatic heterocycles. The molecule has 0 unspecified atom stereocenters. The highest BCUT2D eigenvalue weighted by Gasteiger charge is 2.40. The van der Waals surface area contributed by atoms with Crippen LogP contribution in [0, 0.1) is 0 Å². The summed E-state index contributed by atoms with van der Waals surface area (Å²) in [5.41, 5.74) is -1.35. The zero-order valence-corrected chi connectivity index (χ0v) is 12.6. The summed E-state index contributed by atoms with van der Waals surface area (Å²) in [6.45, 7) is 6.58. The molecule has 0 saturated heterocycles. The molecule has 20 heavy (non-hydrogen) atoms. The summed E-state index contributed by atoms with van der Waals surface area (Å²) >= 11 is 0. The van der Waals surface area contributed by atoms with Gasteiger partial charge >= 0.3 is 12.0 Å². The normalized spacial score (nSPS) is 18.4. The van der Waals surface area contributed by atoms with Gasteiger partial charge in [-0.05, 0) is 33.6 Å². The predicted molar refractivity (Wildman–Crippen MR) is 75.7 cm³/mol. The van der Waals surface area contributed by atoms with Crippen molar-refractivity contribution < 1.29 is 19.4 Å². The molecule has 0 bridgehead atoms. The van der Waals surface area contributed by atoms with Crippen LogP contribution in [0.5, 0.6) is 0 Å². The number of amides is 2. The number of urea groups is 1. The fraction of sp³-hybridized carbons (Fsp3) is 0.857. The molecule has 0 atom stereocenters. The Morgan fingerprint density at radius 2 is 1.80 bits per heavy atom. The SMILES string of the molecule is CC(C)(C)OCCNC(=O)NC1(C(=O)O)CCCCC1. The van der Waals surface area contributed by atoms with Crippen molar-refractivity contribution in [2.24, 2.45) is 0 Å². The molecule has 1 aliphatic carbocycles. The Morgan fingerprint density at radius 1 is 1.20 bits per heavy atom. The largest absolute Gasteiger partial charge is 0.480 e. The highest BCUT2D eigenvalue weighted by molar-refractivity contribution is 5.86. The van der Waals surface area contributed by atoms with E-state index in [1.165, 1.54) is 0 Å². The van der Waals surface area contributed by atoms with Gasteiger partial charge in [-0.1, -0.05) is 19.3 Å². The van der Waals surface area contributed by atoms with Crippen LogP contribution in [0.25, 0.3) is 0 Å². The number of hydrogen-bond donors (Lipinski definition) is 3. The number of nitrogens with one attached hydrogen (secondary N) is 2. The average molecular weight is 286 g/mol. The van der Waals surface area contributed by atoms with Crippen molar-refractivity contribution in [3.63, 3.8) is 0 Å². The van der Waals surface area contributed by atoms with Gasteiger partial charge in [0.15, 0.2) is 0 Å². The van der Waals surface area contributed by atoms with Gasteiger partial charge in [0, 0.05) is 6.54 Å². The average Bonchev–Trinajstić information content (AvgIpc) is 2.34. The Morgan fingerprint density at radius 3 is 2.30 bits per heavy atom. The van der Waals surface area contributed by atoms with Crippen LogP contribution in [0.15, 0.2) is 0 Å². The van der Waals surface area contributed by atoms with Gasteiger partial charge in [-0.3, -0.25) is 0 Å². The number of carboxylic acids is 1. The third-order valence-corrected chi connectivity index (χ3v) is 3.39. The molecule has 0 radical (unpaired) electrons. The third kappa shape index (κ3) is 5.36. The summed E-state index contributed by atoms with van der Waals surface area (Å²) in [7, 11) is 0. The first-order valence-corrected chi connectivity index (χ1v) is 7.19. The van der Waals surface area contributed by atoms with E-state index < -0.39 is 17.5 Å². The lowest BCUT2D eigenvalue weighted by atomic mass is 9.82. The zero-order chi connectivity index (χ0) is 15.2. The van der Waals surface area contributed by atoms with Gasteiger partial charge in [0.2, 0.25) is 0 Å². The third-order valence-electron chi connectivity index (χ3n) is 3.39. The number of carbonyl (C=O) groups is 2. The second-order valence-corrected chi connectivity index (χ2v) is 6.29. The lowest BCUT2D eigenvalue weighted by Crippen LogP contribution is -2.58. The molecule has 1 aliphatic rings. The molecule has 2 amide bonds. The minimum Gasteiger partial charge on any atom is -0.480 e. The molecule has 3 N–H and O–H groups in total. The number of hydrogen-bond acceptors (Lipinski definition) is 3. The molecular weight excluding hydrogens is 260 g/mol. The topological polar surface area (TPSA) is 87.7 Å². The quantitative estimate of drug-likeness (QED) is 0.673. The number of carboxylic acid groups (broad SMARTS) is 1. The first kappa shape index (κ1) is 16.8. The van der Waals surface area contributed by atoms with Crippen molar-refractivity contribution >= 4 is 12.0 Å². The standard InChI is InChI=1S/C14H26N2O4/c1-13(2,3)20-10-9-15-12(19)16-14(11(17)18)7-5-4-6-8-14/h4-10H2,1-3H3,(H,17,18)(H2,15,16,19). The second kappa shape index (κ2) is 6.92. The highest BCUT2D eigenvalue weighted by atomic mass is 16.5. The van der Waals surface area contributed by atoms with E-state index in [9.17, 15) is 14.7 Å². The fourth-order valence-corrected chi connectivity index (χ4v) is 2.33. The van der Waals surface area contributed by atoms with Gasteiger partial charge in [0.25, 0.3) is 0 Å². The van der Waals surface area contributed by atoms with Crippen molar-refractivity contribution in [2.75, 3.05) is 13.2 Å². The molecule has 0 aliphatic heterocycles. The highest BCUT2D eigenvalue weighted by Crippen LogP contribution is 2.28. The molecule has 6 nitrogen and oxygen atoms in total. The fourth-order valence-electron chi connectivity index (χ4n) is 2.33. The molecule has 1 fully saturated rings. The van der Waals surface area contributed by atoms with Crippen LogP contribution in [0.1, 0.15) is 52.9 Å².